The van der Waals surface area contributed by atoms with Crippen molar-refractivity contribution in [1.82, 2.24) is 0 Å². The van der Waals surface area contributed by atoms with Gasteiger partial charge in [-0.15, -0.1) is 0 Å². The molecule has 4 aromatic rings. The van der Waals surface area contributed by atoms with Gasteiger partial charge >= 0.3 is 0 Å². The first-order valence-electron chi connectivity index (χ1n) is 7.23. The number of nitriles is 1. The molecule has 0 aliphatic carbocycles. The van der Waals surface area contributed by atoms with Crippen LogP contribution in [0.4, 0.5) is 0 Å². The van der Waals surface area contributed by atoms with Crippen molar-refractivity contribution in [2.24, 2.45) is 0 Å². The lowest BCUT2D eigenvalue weighted by Crippen LogP contribution is -1.90. The average Bonchev–Trinajstić information content (AvgIpc) is 3.12. The highest BCUT2D eigenvalue weighted by atomic mass is 16.3. The molecule has 0 aliphatic rings. The van der Waals surface area contributed by atoms with Crippen LogP contribution in [0.15, 0.2) is 63.4 Å². The topological polar surface area (TPSA) is 50.1 Å². The Hall–Kier alpha value is -2.99. The van der Waals surface area contributed by atoms with E-state index in [1.807, 2.05) is 54.6 Å². The maximum Gasteiger partial charge on any atom is 0.135 e. The molecule has 106 valence electrons. The largest absolute Gasteiger partial charge is 0.461 e. The molecule has 0 aliphatic heterocycles. The molecular weight excluding hydrogens is 274 g/mol. The van der Waals surface area contributed by atoms with E-state index in [0.717, 1.165) is 33.5 Å². The van der Waals surface area contributed by atoms with Crippen molar-refractivity contribution in [2.45, 2.75) is 12.8 Å². The van der Waals surface area contributed by atoms with Gasteiger partial charge < -0.3 is 8.83 Å². The fourth-order valence-corrected chi connectivity index (χ4v) is 2.79. The van der Waals surface area contributed by atoms with Crippen LogP contribution in [0.25, 0.3) is 21.9 Å². The predicted octanol–water partition coefficient (Wildman–Crippen LogP) is 4.84. The summed E-state index contributed by atoms with van der Waals surface area (Å²) in [6, 6.07) is 19.9. The summed E-state index contributed by atoms with van der Waals surface area (Å²) >= 11 is 0. The number of hydrogen-bond donors (Lipinski definition) is 0. The average molecular weight is 287 g/mol. The van der Waals surface area contributed by atoms with Gasteiger partial charge in [-0.1, -0.05) is 30.3 Å². The van der Waals surface area contributed by atoms with Crippen LogP contribution in [0, 0.1) is 11.3 Å². The van der Waals surface area contributed by atoms with E-state index in [-0.39, 0.29) is 0 Å². The quantitative estimate of drug-likeness (QED) is 0.542. The molecule has 0 spiro atoms. The molecule has 0 saturated carbocycles. The molecule has 2 heterocycles. The van der Waals surface area contributed by atoms with Crippen LogP contribution in [0.1, 0.15) is 17.1 Å². The van der Waals surface area contributed by atoms with Gasteiger partial charge in [0, 0.05) is 23.6 Å². The van der Waals surface area contributed by atoms with Crippen molar-refractivity contribution >= 4 is 21.9 Å². The highest BCUT2D eigenvalue weighted by Gasteiger charge is 2.14. The van der Waals surface area contributed by atoms with Gasteiger partial charge in [0.1, 0.15) is 34.3 Å². The Kier molecular flexibility index (Phi) is 2.94. The Labute approximate surface area is 127 Å². The highest BCUT2D eigenvalue weighted by molar-refractivity contribution is 5.85. The molecule has 2 aromatic carbocycles. The second kappa shape index (κ2) is 5.09. The molecule has 3 heteroatoms. The van der Waals surface area contributed by atoms with Crippen molar-refractivity contribution < 1.29 is 8.83 Å². The number of nitrogens with zero attached hydrogens (tertiary/aromatic N) is 1. The van der Waals surface area contributed by atoms with E-state index < -0.39 is 0 Å². The van der Waals surface area contributed by atoms with Crippen molar-refractivity contribution in [2.75, 3.05) is 0 Å². The molecule has 0 unspecified atom stereocenters. The van der Waals surface area contributed by atoms with Gasteiger partial charge in [0.2, 0.25) is 0 Å². The van der Waals surface area contributed by atoms with Crippen molar-refractivity contribution in [3.63, 3.8) is 0 Å². The van der Waals surface area contributed by atoms with Crippen molar-refractivity contribution in [3.8, 4) is 6.07 Å². The summed E-state index contributed by atoms with van der Waals surface area (Å²) in [5.74, 6) is 1.63. The Bertz CT molecular complexity index is 968. The van der Waals surface area contributed by atoms with Crippen LogP contribution < -0.4 is 0 Å². The molecule has 0 saturated heterocycles. The van der Waals surface area contributed by atoms with Crippen LogP contribution in [0.2, 0.25) is 0 Å². The zero-order valence-electron chi connectivity index (χ0n) is 11.9. The van der Waals surface area contributed by atoms with E-state index in [0.29, 0.717) is 18.4 Å². The van der Waals surface area contributed by atoms with Crippen LogP contribution >= 0.6 is 0 Å². The Balaban J connectivity index is 1.65. The third-order valence-corrected chi connectivity index (χ3v) is 3.86. The third-order valence-electron chi connectivity index (χ3n) is 3.86. The first-order chi connectivity index (χ1) is 10.8. The van der Waals surface area contributed by atoms with E-state index in [1.165, 1.54) is 0 Å². The number of furan rings is 2. The SMILES string of the molecule is N#Cc1c(CCc2cc3ccccc3o2)oc2ccccc12. The number of fused-ring (bicyclic) bond motifs is 2. The number of para-hydroxylation sites is 2. The first-order valence-corrected chi connectivity index (χ1v) is 7.23. The molecule has 0 fully saturated rings. The van der Waals surface area contributed by atoms with Gasteiger partial charge in [0.15, 0.2) is 0 Å². The standard InChI is InChI=1S/C19H13NO2/c20-12-16-15-6-2-4-8-18(15)22-19(16)10-9-14-11-13-5-1-3-7-17(13)21-14/h1-8,11H,9-10H2. The van der Waals surface area contributed by atoms with Crippen LogP contribution in [-0.4, -0.2) is 0 Å². The molecule has 22 heavy (non-hydrogen) atoms. The fourth-order valence-electron chi connectivity index (χ4n) is 2.79. The maximum atomic E-state index is 9.38. The summed E-state index contributed by atoms with van der Waals surface area (Å²) in [5, 5.41) is 11.4. The van der Waals surface area contributed by atoms with Crippen LogP contribution in [-0.2, 0) is 12.8 Å². The number of hydrogen-bond acceptors (Lipinski definition) is 3. The summed E-state index contributed by atoms with van der Waals surface area (Å²) in [4.78, 5) is 0. The lowest BCUT2D eigenvalue weighted by molar-refractivity contribution is 0.509. The van der Waals surface area contributed by atoms with Crippen molar-refractivity contribution in [1.29, 1.82) is 5.26 Å². The zero-order chi connectivity index (χ0) is 14.9. The summed E-state index contributed by atoms with van der Waals surface area (Å²) in [6.45, 7) is 0. The summed E-state index contributed by atoms with van der Waals surface area (Å²) in [6.07, 6.45) is 1.36. The molecule has 0 amide bonds. The van der Waals surface area contributed by atoms with E-state index in [1.54, 1.807) is 0 Å². The van der Waals surface area contributed by atoms with Gasteiger partial charge in [-0.25, -0.2) is 0 Å². The monoisotopic (exact) mass is 287 g/mol. The lowest BCUT2D eigenvalue weighted by Gasteiger charge is -1.95. The number of rotatable bonds is 3. The summed E-state index contributed by atoms with van der Waals surface area (Å²) < 4.78 is 11.6. The first kappa shape index (κ1) is 12.7. The second-order valence-corrected chi connectivity index (χ2v) is 5.26. The summed E-state index contributed by atoms with van der Waals surface area (Å²) in [5.41, 5.74) is 2.29. The van der Waals surface area contributed by atoms with Gasteiger partial charge in [0.05, 0.1) is 0 Å². The smallest absolute Gasteiger partial charge is 0.135 e. The van der Waals surface area contributed by atoms with Gasteiger partial charge in [-0.05, 0) is 24.3 Å². The fraction of sp³-hybridized carbons (Fsp3) is 0.105. The number of benzene rings is 2. The Morgan fingerprint density at radius 3 is 2.45 bits per heavy atom. The molecule has 0 atom stereocenters. The van der Waals surface area contributed by atoms with E-state index in [9.17, 15) is 5.26 Å². The highest BCUT2D eigenvalue weighted by Crippen LogP contribution is 2.27. The second-order valence-electron chi connectivity index (χ2n) is 5.26. The van der Waals surface area contributed by atoms with E-state index in [2.05, 4.69) is 6.07 Å². The minimum atomic E-state index is 0.631. The third kappa shape index (κ3) is 2.06. The molecule has 0 N–H and O–H groups in total. The van der Waals surface area contributed by atoms with Gasteiger partial charge in [-0.2, -0.15) is 5.26 Å². The number of aryl methyl sites for hydroxylation is 2. The maximum absolute atomic E-state index is 9.38. The van der Waals surface area contributed by atoms with Crippen molar-refractivity contribution in [3.05, 3.63) is 71.7 Å². The minimum Gasteiger partial charge on any atom is -0.461 e. The molecule has 2 aromatic heterocycles. The Morgan fingerprint density at radius 2 is 1.64 bits per heavy atom. The lowest BCUT2D eigenvalue weighted by atomic mass is 10.1. The van der Waals surface area contributed by atoms with E-state index >= 15 is 0 Å². The minimum absolute atomic E-state index is 0.631. The van der Waals surface area contributed by atoms with Gasteiger partial charge in [-0.3, -0.25) is 0 Å². The summed E-state index contributed by atoms with van der Waals surface area (Å²) in [7, 11) is 0. The molecule has 0 bridgehead atoms. The predicted molar refractivity (Wildman–Crippen MR) is 84.6 cm³/mol. The van der Waals surface area contributed by atoms with Crippen LogP contribution in [0.5, 0.6) is 0 Å². The van der Waals surface area contributed by atoms with Crippen LogP contribution in [0.3, 0.4) is 0 Å². The zero-order valence-corrected chi connectivity index (χ0v) is 11.9. The van der Waals surface area contributed by atoms with Gasteiger partial charge in [0.25, 0.3) is 0 Å². The molecule has 4 rings (SSSR count). The van der Waals surface area contributed by atoms with E-state index in [4.69, 9.17) is 8.83 Å². The molecule has 0 radical (unpaired) electrons. The normalized spacial score (nSPS) is 11.0. The Morgan fingerprint density at radius 1 is 0.864 bits per heavy atom. The molecule has 3 nitrogen and oxygen atoms in total. The molecular formula is C19H13NO2.